The van der Waals surface area contributed by atoms with Gasteiger partial charge in [0.15, 0.2) is 0 Å². The Hall–Kier alpha value is -4.62. The molecule has 49 heavy (non-hydrogen) atoms. The van der Waals surface area contributed by atoms with Crippen molar-refractivity contribution in [3.63, 3.8) is 0 Å². The van der Waals surface area contributed by atoms with Crippen molar-refractivity contribution in [1.29, 1.82) is 0 Å². The highest BCUT2D eigenvalue weighted by Crippen LogP contribution is 2.30. The third-order valence-corrected chi connectivity index (χ3v) is 10.2. The van der Waals surface area contributed by atoms with E-state index in [-0.39, 0.29) is 48.1 Å². The van der Waals surface area contributed by atoms with Gasteiger partial charge in [-0.15, -0.1) is 0 Å². The molecule has 1 N–H and O–H groups in total. The molecule has 4 aromatic rings. The molecule has 1 fully saturated rings. The molecule has 6 rings (SSSR count). The molecule has 0 spiro atoms. The summed E-state index contributed by atoms with van der Waals surface area (Å²) in [6, 6.07) is 15.1. The minimum absolute atomic E-state index is 0.00357. The highest BCUT2D eigenvalue weighted by molar-refractivity contribution is 7.92. The van der Waals surface area contributed by atoms with E-state index in [0.29, 0.717) is 17.6 Å². The molecule has 4 heterocycles. The summed E-state index contributed by atoms with van der Waals surface area (Å²) in [4.78, 5) is 36.7. The number of hydrogen-bond donors (Lipinski definition) is 1. The first-order valence-corrected chi connectivity index (χ1v) is 18.2. The van der Waals surface area contributed by atoms with Crippen molar-refractivity contribution in [2.75, 3.05) is 29.4 Å². The Bertz CT molecular complexity index is 1920. The van der Waals surface area contributed by atoms with Crippen LogP contribution in [-0.4, -0.2) is 77.1 Å². The first-order valence-electron chi connectivity index (χ1n) is 16.7. The number of sulfonamides is 1. The molecule has 12 nitrogen and oxygen atoms in total. The third-order valence-electron chi connectivity index (χ3n) is 8.90. The molecule has 1 amide bonds. The largest absolute Gasteiger partial charge is 0.475 e. The van der Waals surface area contributed by atoms with Gasteiger partial charge >= 0.3 is 0 Å². The van der Waals surface area contributed by atoms with Crippen LogP contribution in [0.1, 0.15) is 67.3 Å². The summed E-state index contributed by atoms with van der Waals surface area (Å²) in [5.41, 5.74) is 3.46. The van der Waals surface area contributed by atoms with E-state index in [2.05, 4.69) is 31.5 Å². The van der Waals surface area contributed by atoms with Gasteiger partial charge in [0, 0.05) is 36.0 Å². The van der Waals surface area contributed by atoms with Crippen molar-refractivity contribution >= 4 is 27.7 Å². The molecule has 2 aromatic carbocycles. The normalized spacial score (nSPS) is 19.3. The van der Waals surface area contributed by atoms with Crippen molar-refractivity contribution in [3.05, 3.63) is 83.3 Å². The number of nitrogens with zero attached hydrogens (tertiary/aromatic N) is 6. The van der Waals surface area contributed by atoms with Crippen molar-refractivity contribution in [2.24, 2.45) is 0 Å². The molecule has 0 unspecified atom stereocenters. The first kappa shape index (κ1) is 34.3. The number of rotatable bonds is 7. The molecule has 13 heteroatoms. The summed E-state index contributed by atoms with van der Waals surface area (Å²) in [6.45, 7) is 11.1. The lowest BCUT2D eigenvalue weighted by atomic mass is 10.00. The van der Waals surface area contributed by atoms with E-state index in [1.807, 2.05) is 52.0 Å². The Labute approximate surface area is 288 Å². The number of piperidine rings is 1. The van der Waals surface area contributed by atoms with E-state index >= 15 is 0 Å². The lowest BCUT2D eigenvalue weighted by Crippen LogP contribution is -2.47. The molecule has 0 aliphatic carbocycles. The molecule has 4 bridgehead atoms. The number of hydrogen-bond acceptors (Lipinski definition) is 10. The number of carbonyl (C=O) groups excluding carboxylic acids is 1. The molecule has 0 saturated carbocycles. The van der Waals surface area contributed by atoms with Crippen LogP contribution in [0.3, 0.4) is 0 Å². The number of aryl methyl sites for hydroxylation is 2. The van der Waals surface area contributed by atoms with Crippen LogP contribution in [0.4, 0.5) is 11.8 Å². The molecule has 2 aliphatic rings. The second kappa shape index (κ2) is 14.5. The summed E-state index contributed by atoms with van der Waals surface area (Å²) >= 11 is 0. The number of amides is 1. The van der Waals surface area contributed by atoms with Crippen LogP contribution in [0.5, 0.6) is 5.88 Å². The van der Waals surface area contributed by atoms with E-state index in [9.17, 15) is 13.2 Å². The number of fused-ring (bicyclic) bond motifs is 4. The predicted octanol–water partition coefficient (Wildman–Crippen LogP) is 5.56. The van der Waals surface area contributed by atoms with Crippen LogP contribution in [-0.2, 0) is 21.3 Å². The maximum Gasteiger partial charge on any atom is 0.264 e. The number of ether oxygens (including phenoxy) is 2. The smallest absolute Gasteiger partial charge is 0.264 e. The average Bonchev–Trinajstić information content (AvgIpc) is 3.07. The summed E-state index contributed by atoms with van der Waals surface area (Å²) in [5, 5.41) is 0. The van der Waals surface area contributed by atoms with Gasteiger partial charge in [-0.25, -0.2) is 28.1 Å². The quantitative estimate of drug-likeness (QED) is 0.263. The Morgan fingerprint density at radius 1 is 1.02 bits per heavy atom. The molecular weight excluding hydrogens is 643 g/mol. The number of anilines is 2. The maximum absolute atomic E-state index is 14.4. The van der Waals surface area contributed by atoms with E-state index in [1.54, 1.807) is 29.3 Å². The fourth-order valence-electron chi connectivity index (χ4n) is 6.33. The molecule has 2 atom stereocenters. The lowest BCUT2D eigenvalue weighted by Gasteiger charge is -2.35. The first-order chi connectivity index (χ1) is 23.5. The minimum atomic E-state index is -4.19. The zero-order valence-corrected chi connectivity index (χ0v) is 29.4. The third kappa shape index (κ3) is 7.83. The van der Waals surface area contributed by atoms with Crippen LogP contribution in [0, 0.1) is 13.8 Å². The minimum Gasteiger partial charge on any atom is -0.475 e. The highest BCUT2D eigenvalue weighted by Gasteiger charge is 2.30. The van der Waals surface area contributed by atoms with Gasteiger partial charge in [-0.05, 0) is 89.3 Å². The summed E-state index contributed by atoms with van der Waals surface area (Å²) in [6.07, 6.45) is 4.95. The Morgan fingerprint density at radius 2 is 1.80 bits per heavy atom. The van der Waals surface area contributed by atoms with Crippen molar-refractivity contribution in [3.8, 4) is 17.1 Å². The molecule has 0 radical (unpaired) electrons. The zero-order valence-electron chi connectivity index (χ0n) is 28.6. The van der Waals surface area contributed by atoms with Gasteiger partial charge in [-0.3, -0.25) is 4.79 Å². The number of aromatic nitrogens is 4. The Kier molecular flexibility index (Phi) is 10.1. The van der Waals surface area contributed by atoms with Gasteiger partial charge in [0.25, 0.3) is 15.9 Å². The number of carbonyl (C=O) groups is 1. The molecule has 258 valence electrons. The van der Waals surface area contributed by atoms with Gasteiger partial charge in [-0.1, -0.05) is 24.3 Å². The fourth-order valence-corrected chi connectivity index (χ4v) is 7.32. The molecule has 1 saturated heterocycles. The van der Waals surface area contributed by atoms with Crippen LogP contribution >= 0.6 is 0 Å². The SMILES string of the molecule is Cc1cccc(C)c1-c1cc2nc(n1)NS(=O)(=O)c1cccc(c1)C(=O)N(Cc1nccc(N3CCCC[C@H]3C)n1)[C@H](COC(C)C)CO2. The van der Waals surface area contributed by atoms with Gasteiger partial charge in [0.05, 0.1) is 35.9 Å². The predicted molar refractivity (Wildman–Crippen MR) is 187 cm³/mol. The number of benzene rings is 2. The highest BCUT2D eigenvalue weighted by atomic mass is 32.2. The van der Waals surface area contributed by atoms with Crippen molar-refractivity contribution in [2.45, 2.75) is 83.5 Å². The Balaban J connectivity index is 1.45. The standard InChI is InChI=1S/C36H43N7O5S/c1-23(2)47-21-28-22-48-33-19-30(34-24(3)10-8-11-25(34)4)38-36(40-33)41-49(45,46)29-14-9-13-27(18-29)35(44)43(28)20-31-37-16-15-32(39-31)42-17-7-6-12-26(42)5/h8-11,13-16,18-19,23,26,28H,6-7,12,17,20-22H2,1-5H3,(H,38,40,41)/t26-,28-/m1/s1. The fraction of sp³-hybridized carbons (Fsp3) is 0.417. The molecule has 2 aliphatic heterocycles. The van der Waals surface area contributed by atoms with Gasteiger partial charge in [-0.2, -0.15) is 4.98 Å². The zero-order chi connectivity index (χ0) is 34.7. The summed E-state index contributed by atoms with van der Waals surface area (Å²) < 4.78 is 42.3. The van der Waals surface area contributed by atoms with Crippen LogP contribution in [0.25, 0.3) is 11.3 Å². The van der Waals surface area contributed by atoms with E-state index in [4.69, 9.17) is 14.5 Å². The van der Waals surface area contributed by atoms with Crippen LogP contribution in [0.15, 0.2) is 65.7 Å². The van der Waals surface area contributed by atoms with Crippen LogP contribution < -0.4 is 14.4 Å². The van der Waals surface area contributed by atoms with Crippen LogP contribution in [0.2, 0.25) is 0 Å². The molecule has 2 aromatic heterocycles. The van der Waals surface area contributed by atoms with Crippen molar-refractivity contribution < 1.29 is 22.7 Å². The topological polar surface area (TPSA) is 140 Å². The van der Waals surface area contributed by atoms with E-state index in [1.165, 1.54) is 18.6 Å². The maximum atomic E-state index is 14.4. The second-order valence-electron chi connectivity index (χ2n) is 13.0. The van der Waals surface area contributed by atoms with E-state index in [0.717, 1.165) is 41.9 Å². The Morgan fingerprint density at radius 3 is 2.55 bits per heavy atom. The summed E-state index contributed by atoms with van der Waals surface area (Å²) in [5.74, 6) is 0.861. The van der Waals surface area contributed by atoms with Gasteiger partial charge < -0.3 is 19.3 Å². The molecular formula is C36H43N7O5S. The lowest BCUT2D eigenvalue weighted by molar-refractivity contribution is 0.00600. The average molecular weight is 686 g/mol. The second-order valence-corrected chi connectivity index (χ2v) is 14.6. The number of nitrogens with one attached hydrogen (secondary N) is 1. The monoisotopic (exact) mass is 685 g/mol. The van der Waals surface area contributed by atoms with Gasteiger partial charge in [0.1, 0.15) is 18.2 Å². The van der Waals surface area contributed by atoms with E-state index < -0.39 is 22.0 Å². The summed E-state index contributed by atoms with van der Waals surface area (Å²) in [7, 11) is -4.19. The van der Waals surface area contributed by atoms with Crippen molar-refractivity contribution in [1.82, 2.24) is 24.8 Å². The van der Waals surface area contributed by atoms with Gasteiger partial charge in [0.2, 0.25) is 11.8 Å².